The first-order valence-corrected chi connectivity index (χ1v) is 5.26. The van der Waals surface area contributed by atoms with Gasteiger partial charge in [0.25, 0.3) is 0 Å². The molecule has 2 rings (SSSR count). The quantitative estimate of drug-likeness (QED) is 0.585. The van der Waals surface area contributed by atoms with Crippen molar-refractivity contribution in [2.75, 3.05) is 0 Å². The standard InChI is InChI=1S/C11H18O/c1-8(12)11-6-9-3-2-4-10(5-9)7-11/h9-11H,2-7H2,1H3. The first-order chi connectivity index (χ1) is 5.75. The monoisotopic (exact) mass is 166 g/mol. The highest BCUT2D eigenvalue weighted by atomic mass is 16.1. The van der Waals surface area contributed by atoms with E-state index in [1.165, 1.54) is 38.5 Å². The van der Waals surface area contributed by atoms with Crippen molar-refractivity contribution in [3.05, 3.63) is 0 Å². The van der Waals surface area contributed by atoms with Crippen LogP contribution in [-0.4, -0.2) is 5.78 Å². The summed E-state index contributed by atoms with van der Waals surface area (Å²) in [5.41, 5.74) is 0. The molecule has 1 nitrogen and oxygen atoms in total. The molecule has 2 bridgehead atoms. The Hall–Kier alpha value is -0.330. The van der Waals surface area contributed by atoms with Crippen LogP contribution in [0.15, 0.2) is 0 Å². The minimum absolute atomic E-state index is 0.425. The molecular formula is C11H18O. The molecule has 2 atom stereocenters. The van der Waals surface area contributed by atoms with Crippen LogP contribution in [0.5, 0.6) is 0 Å². The van der Waals surface area contributed by atoms with E-state index in [-0.39, 0.29) is 0 Å². The van der Waals surface area contributed by atoms with Gasteiger partial charge in [-0.3, -0.25) is 4.79 Å². The molecule has 0 N–H and O–H groups in total. The Bertz CT molecular complexity index is 173. The Morgan fingerprint density at radius 1 is 1.08 bits per heavy atom. The van der Waals surface area contributed by atoms with E-state index in [1.807, 2.05) is 0 Å². The lowest BCUT2D eigenvalue weighted by molar-refractivity contribution is -0.123. The van der Waals surface area contributed by atoms with Gasteiger partial charge < -0.3 is 0 Å². The fourth-order valence-corrected chi connectivity index (χ4v) is 3.06. The Balaban J connectivity index is 2.00. The highest BCUT2D eigenvalue weighted by molar-refractivity contribution is 5.78. The summed E-state index contributed by atoms with van der Waals surface area (Å²) in [6.07, 6.45) is 8.02. The molecule has 2 fully saturated rings. The molecule has 0 radical (unpaired) electrons. The van der Waals surface area contributed by atoms with Crippen molar-refractivity contribution in [3.63, 3.8) is 0 Å². The van der Waals surface area contributed by atoms with E-state index in [0.717, 1.165) is 11.8 Å². The van der Waals surface area contributed by atoms with Crippen LogP contribution in [-0.2, 0) is 4.79 Å². The second-order valence-electron chi connectivity index (χ2n) is 4.68. The molecule has 0 aliphatic heterocycles. The van der Waals surface area contributed by atoms with E-state index in [1.54, 1.807) is 6.92 Å². The normalized spacial score (nSPS) is 40.9. The maximum atomic E-state index is 11.2. The van der Waals surface area contributed by atoms with Gasteiger partial charge in [-0.15, -0.1) is 0 Å². The number of ketones is 1. The van der Waals surface area contributed by atoms with Crippen molar-refractivity contribution in [1.82, 2.24) is 0 Å². The van der Waals surface area contributed by atoms with Crippen molar-refractivity contribution in [2.45, 2.75) is 45.4 Å². The smallest absolute Gasteiger partial charge is 0.132 e. The van der Waals surface area contributed by atoms with E-state index >= 15 is 0 Å². The fourth-order valence-electron chi connectivity index (χ4n) is 3.06. The summed E-state index contributed by atoms with van der Waals surface area (Å²) in [5, 5.41) is 0. The zero-order valence-electron chi connectivity index (χ0n) is 7.88. The van der Waals surface area contributed by atoms with Gasteiger partial charge in [0.2, 0.25) is 0 Å². The lowest BCUT2D eigenvalue weighted by Crippen LogP contribution is -2.29. The highest BCUT2D eigenvalue weighted by Gasteiger charge is 2.33. The second-order valence-corrected chi connectivity index (χ2v) is 4.68. The third-order valence-electron chi connectivity index (χ3n) is 3.70. The molecule has 0 spiro atoms. The number of rotatable bonds is 1. The van der Waals surface area contributed by atoms with Crippen molar-refractivity contribution in [3.8, 4) is 0 Å². The molecule has 2 aliphatic carbocycles. The number of hydrogen-bond donors (Lipinski definition) is 0. The van der Waals surface area contributed by atoms with Crippen molar-refractivity contribution in [1.29, 1.82) is 0 Å². The molecule has 12 heavy (non-hydrogen) atoms. The second kappa shape index (κ2) is 3.20. The van der Waals surface area contributed by atoms with Gasteiger partial charge in [-0.05, 0) is 38.0 Å². The highest BCUT2D eigenvalue weighted by Crippen LogP contribution is 2.42. The Kier molecular flexibility index (Phi) is 2.20. The number of carbonyl (C=O) groups is 1. The van der Waals surface area contributed by atoms with Crippen molar-refractivity contribution >= 4 is 5.78 Å². The molecule has 2 aliphatic rings. The maximum Gasteiger partial charge on any atom is 0.132 e. The lowest BCUT2D eigenvalue weighted by atomic mass is 9.67. The van der Waals surface area contributed by atoms with E-state index in [9.17, 15) is 4.79 Å². The van der Waals surface area contributed by atoms with Crippen molar-refractivity contribution in [2.24, 2.45) is 17.8 Å². The molecule has 68 valence electrons. The lowest BCUT2D eigenvalue weighted by Gasteiger charge is -2.38. The number of carbonyl (C=O) groups excluding carboxylic acids is 1. The number of Topliss-reactive ketones (excluding diaryl/α,β-unsaturated/α-hetero) is 1. The van der Waals surface area contributed by atoms with Crippen LogP contribution in [0.3, 0.4) is 0 Å². The summed E-state index contributed by atoms with van der Waals surface area (Å²) < 4.78 is 0. The molecule has 0 aromatic carbocycles. The van der Waals surface area contributed by atoms with Gasteiger partial charge in [-0.25, -0.2) is 0 Å². The summed E-state index contributed by atoms with van der Waals surface area (Å²) >= 11 is 0. The van der Waals surface area contributed by atoms with Gasteiger partial charge >= 0.3 is 0 Å². The molecule has 0 aromatic heterocycles. The predicted molar refractivity (Wildman–Crippen MR) is 48.9 cm³/mol. The van der Waals surface area contributed by atoms with Crippen molar-refractivity contribution < 1.29 is 4.79 Å². The molecule has 2 unspecified atom stereocenters. The molecule has 0 saturated heterocycles. The Labute approximate surface area is 74.5 Å². The average molecular weight is 166 g/mol. The van der Waals surface area contributed by atoms with Gasteiger partial charge in [0.1, 0.15) is 5.78 Å². The minimum atomic E-state index is 0.425. The zero-order chi connectivity index (χ0) is 8.55. The zero-order valence-corrected chi connectivity index (χ0v) is 7.88. The molecule has 2 saturated carbocycles. The van der Waals surface area contributed by atoms with E-state index in [2.05, 4.69) is 0 Å². The summed E-state index contributed by atoms with van der Waals surface area (Å²) in [5.74, 6) is 2.65. The van der Waals surface area contributed by atoms with Crippen LogP contribution in [0.25, 0.3) is 0 Å². The van der Waals surface area contributed by atoms with Crippen LogP contribution in [0.4, 0.5) is 0 Å². The summed E-state index contributed by atoms with van der Waals surface area (Å²) in [6.45, 7) is 1.77. The number of fused-ring (bicyclic) bond motifs is 2. The molecule has 0 aromatic rings. The van der Waals surface area contributed by atoms with Gasteiger partial charge in [-0.2, -0.15) is 0 Å². The summed E-state index contributed by atoms with van der Waals surface area (Å²) in [7, 11) is 0. The predicted octanol–water partition coefficient (Wildman–Crippen LogP) is 2.79. The fraction of sp³-hybridized carbons (Fsp3) is 0.909. The van der Waals surface area contributed by atoms with Crippen LogP contribution in [0.1, 0.15) is 45.4 Å². The Morgan fingerprint density at radius 3 is 2.17 bits per heavy atom. The number of hydrogen-bond acceptors (Lipinski definition) is 1. The largest absolute Gasteiger partial charge is 0.300 e. The van der Waals surface area contributed by atoms with E-state index in [0.29, 0.717) is 11.7 Å². The average Bonchev–Trinajstić information content (AvgIpc) is 2.03. The van der Waals surface area contributed by atoms with Gasteiger partial charge in [0, 0.05) is 5.92 Å². The van der Waals surface area contributed by atoms with Crippen LogP contribution < -0.4 is 0 Å². The molecular weight excluding hydrogens is 148 g/mol. The topological polar surface area (TPSA) is 17.1 Å². The van der Waals surface area contributed by atoms with Crippen LogP contribution >= 0.6 is 0 Å². The first-order valence-electron chi connectivity index (χ1n) is 5.26. The summed E-state index contributed by atoms with van der Waals surface area (Å²) in [4.78, 5) is 11.2. The van der Waals surface area contributed by atoms with E-state index in [4.69, 9.17) is 0 Å². The molecule has 0 amide bonds. The van der Waals surface area contributed by atoms with E-state index < -0.39 is 0 Å². The van der Waals surface area contributed by atoms with Crippen LogP contribution in [0, 0.1) is 17.8 Å². The van der Waals surface area contributed by atoms with Gasteiger partial charge in [0.15, 0.2) is 0 Å². The third-order valence-corrected chi connectivity index (χ3v) is 3.70. The Morgan fingerprint density at radius 2 is 1.67 bits per heavy atom. The molecule has 0 heterocycles. The summed E-state index contributed by atoms with van der Waals surface area (Å²) in [6, 6.07) is 0. The molecule has 1 heteroatoms. The maximum absolute atomic E-state index is 11.2. The van der Waals surface area contributed by atoms with Crippen LogP contribution in [0.2, 0.25) is 0 Å². The first kappa shape index (κ1) is 8.28. The third kappa shape index (κ3) is 1.55. The van der Waals surface area contributed by atoms with Gasteiger partial charge in [0.05, 0.1) is 0 Å². The van der Waals surface area contributed by atoms with Gasteiger partial charge in [-0.1, -0.05) is 19.3 Å². The minimum Gasteiger partial charge on any atom is -0.300 e. The SMILES string of the molecule is CC(=O)C1CC2CCCC(C2)C1.